The number of quaternary nitrogens is 1. The maximum atomic E-state index is 13.7. The number of imide groups is 1. The summed E-state index contributed by atoms with van der Waals surface area (Å²) in [6.07, 6.45) is 1.16. The Hall–Kier alpha value is -2.99. The van der Waals surface area contributed by atoms with Crippen molar-refractivity contribution in [1.82, 2.24) is 0 Å². The third kappa shape index (κ3) is 3.26. The summed E-state index contributed by atoms with van der Waals surface area (Å²) in [6, 6.07) is 15.0. The fourth-order valence-electron chi connectivity index (χ4n) is 5.30. The maximum Gasteiger partial charge on any atom is 0.368 e. The molecule has 162 valence electrons. The fourth-order valence-corrected chi connectivity index (χ4v) is 5.30. The molecule has 6 heteroatoms. The van der Waals surface area contributed by atoms with Crippen molar-refractivity contribution < 1.29 is 24.4 Å². The Morgan fingerprint density at radius 1 is 1.00 bits per heavy atom. The van der Waals surface area contributed by atoms with Gasteiger partial charge in [0.25, 0.3) is 0 Å². The van der Waals surface area contributed by atoms with Gasteiger partial charge in [-0.3, -0.25) is 9.59 Å². The molecule has 31 heavy (non-hydrogen) atoms. The van der Waals surface area contributed by atoms with Crippen molar-refractivity contribution in [1.29, 1.82) is 0 Å². The largest absolute Gasteiger partial charge is 0.464 e. The van der Waals surface area contributed by atoms with Crippen LogP contribution < -0.4 is 10.2 Å². The highest BCUT2D eigenvalue weighted by molar-refractivity contribution is 6.23. The van der Waals surface area contributed by atoms with Gasteiger partial charge in [-0.15, -0.1) is 0 Å². The van der Waals surface area contributed by atoms with Crippen molar-refractivity contribution in [3.05, 3.63) is 65.2 Å². The van der Waals surface area contributed by atoms with Crippen LogP contribution in [0.2, 0.25) is 0 Å². The number of nitrogens with two attached hydrogens (primary N) is 1. The summed E-state index contributed by atoms with van der Waals surface area (Å²) in [5.41, 5.74) is 2.53. The Kier molecular flexibility index (Phi) is 5.43. The Bertz CT molecular complexity index is 1010. The summed E-state index contributed by atoms with van der Waals surface area (Å²) >= 11 is 0. The average molecular weight is 422 g/mol. The van der Waals surface area contributed by atoms with E-state index < -0.39 is 23.3 Å². The van der Waals surface area contributed by atoms with Crippen LogP contribution in [0.1, 0.15) is 42.5 Å². The number of benzene rings is 2. The first-order valence-corrected chi connectivity index (χ1v) is 10.8. The molecular formula is C25H29N2O4+. The Morgan fingerprint density at radius 3 is 2.13 bits per heavy atom. The zero-order chi connectivity index (χ0) is 22.3. The Balaban J connectivity index is 1.85. The summed E-state index contributed by atoms with van der Waals surface area (Å²) in [6.45, 7) is 5.94. The minimum absolute atomic E-state index is 0.248. The van der Waals surface area contributed by atoms with Gasteiger partial charge in [0, 0.05) is 12.0 Å². The quantitative estimate of drug-likeness (QED) is 0.594. The lowest BCUT2D eigenvalue weighted by molar-refractivity contribution is -0.734. The SMILES string of the molecule is CCC[C@@]1(C(=O)OC)[NH2+][C@@H](c2ccc(C)cc2)[C@H]2C(=O)N(c3ccc(C)cc3)C(=O)[C@@H]21. The number of carbonyl (C=O) groups is 3. The highest BCUT2D eigenvalue weighted by atomic mass is 16.5. The van der Waals surface area contributed by atoms with E-state index in [-0.39, 0.29) is 17.9 Å². The van der Waals surface area contributed by atoms with Crippen molar-refractivity contribution in [3.8, 4) is 0 Å². The molecule has 2 aromatic rings. The Labute approximate surface area is 182 Å². The van der Waals surface area contributed by atoms with E-state index in [9.17, 15) is 14.4 Å². The number of ether oxygens (including phenoxy) is 1. The second-order valence-corrected chi connectivity index (χ2v) is 8.74. The van der Waals surface area contributed by atoms with Gasteiger partial charge in [0.1, 0.15) is 17.9 Å². The summed E-state index contributed by atoms with van der Waals surface area (Å²) in [5, 5.41) is 1.92. The molecule has 0 bridgehead atoms. The minimum atomic E-state index is -1.12. The molecule has 0 saturated carbocycles. The van der Waals surface area contributed by atoms with Gasteiger partial charge in [0.2, 0.25) is 17.4 Å². The molecule has 4 rings (SSSR count). The second-order valence-electron chi connectivity index (χ2n) is 8.74. The van der Waals surface area contributed by atoms with E-state index in [0.29, 0.717) is 18.5 Å². The summed E-state index contributed by atoms with van der Waals surface area (Å²) in [4.78, 5) is 41.7. The molecule has 0 radical (unpaired) electrons. The van der Waals surface area contributed by atoms with E-state index in [0.717, 1.165) is 16.7 Å². The molecule has 4 atom stereocenters. The number of aryl methyl sites for hydroxylation is 2. The number of amides is 2. The predicted octanol–water partition coefficient (Wildman–Crippen LogP) is 2.44. The van der Waals surface area contributed by atoms with E-state index in [1.807, 2.05) is 62.5 Å². The van der Waals surface area contributed by atoms with Crippen molar-refractivity contribution in [2.24, 2.45) is 11.8 Å². The van der Waals surface area contributed by atoms with Gasteiger partial charge in [-0.2, -0.15) is 0 Å². The second kappa shape index (κ2) is 7.93. The molecular weight excluding hydrogens is 392 g/mol. The molecule has 2 amide bonds. The van der Waals surface area contributed by atoms with Crippen LogP contribution in [0.15, 0.2) is 48.5 Å². The monoisotopic (exact) mass is 421 g/mol. The smallest absolute Gasteiger partial charge is 0.368 e. The number of methoxy groups -OCH3 is 1. The topological polar surface area (TPSA) is 80.3 Å². The van der Waals surface area contributed by atoms with Gasteiger partial charge >= 0.3 is 5.97 Å². The van der Waals surface area contributed by atoms with Crippen LogP contribution in [0.5, 0.6) is 0 Å². The van der Waals surface area contributed by atoms with Crippen LogP contribution in [0.4, 0.5) is 5.69 Å². The zero-order valence-electron chi connectivity index (χ0n) is 18.4. The van der Waals surface area contributed by atoms with Gasteiger partial charge in [-0.1, -0.05) is 54.4 Å². The molecule has 0 spiro atoms. The van der Waals surface area contributed by atoms with Gasteiger partial charge in [-0.05, 0) is 32.4 Å². The van der Waals surface area contributed by atoms with Crippen molar-refractivity contribution in [2.45, 2.75) is 45.2 Å². The molecule has 0 aliphatic carbocycles. The van der Waals surface area contributed by atoms with Crippen molar-refractivity contribution in [2.75, 3.05) is 12.0 Å². The summed E-state index contributed by atoms with van der Waals surface area (Å²) in [5.74, 6) is -2.39. The number of carbonyl (C=O) groups excluding carboxylic acids is 3. The van der Waals surface area contributed by atoms with Crippen LogP contribution in [-0.4, -0.2) is 30.4 Å². The summed E-state index contributed by atoms with van der Waals surface area (Å²) < 4.78 is 5.19. The van der Waals surface area contributed by atoms with Crippen LogP contribution in [0, 0.1) is 25.7 Å². The summed E-state index contributed by atoms with van der Waals surface area (Å²) in [7, 11) is 1.35. The number of esters is 1. The van der Waals surface area contributed by atoms with Gasteiger partial charge in [0.15, 0.2) is 0 Å². The molecule has 6 nitrogen and oxygen atoms in total. The average Bonchev–Trinajstić information content (AvgIpc) is 3.24. The standard InChI is InChI=1S/C25H28N2O4/c1-5-14-25(24(30)31-4)20-19(21(26-25)17-10-6-15(2)7-11-17)22(28)27(23(20)29)18-12-8-16(3)9-13-18/h6-13,19-21,26H,5,14H2,1-4H3/p+1/t19-,20+,21-,25+/m0/s1. The van der Waals surface area contributed by atoms with E-state index in [1.165, 1.54) is 12.0 Å². The van der Waals surface area contributed by atoms with Gasteiger partial charge < -0.3 is 10.1 Å². The van der Waals surface area contributed by atoms with Crippen molar-refractivity contribution >= 4 is 23.5 Å². The van der Waals surface area contributed by atoms with Gasteiger partial charge in [-0.25, -0.2) is 9.69 Å². The normalized spacial score (nSPS) is 27.5. The highest BCUT2D eigenvalue weighted by Crippen LogP contribution is 2.47. The molecule has 2 N–H and O–H groups in total. The predicted molar refractivity (Wildman–Crippen MR) is 116 cm³/mol. The lowest BCUT2D eigenvalue weighted by Gasteiger charge is -2.29. The lowest BCUT2D eigenvalue weighted by Crippen LogP contribution is -2.98. The first-order chi connectivity index (χ1) is 14.8. The molecule has 0 unspecified atom stereocenters. The van der Waals surface area contributed by atoms with Crippen molar-refractivity contribution in [3.63, 3.8) is 0 Å². The Morgan fingerprint density at radius 2 is 1.58 bits per heavy atom. The number of fused-ring (bicyclic) bond motifs is 1. The number of anilines is 1. The van der Waals surface area contributed by atoms with E-state index in [4.69, 9.17) is 4.74 Å². The maximum absolute atomic E-state index is 13.7. The third-order valence-corrected chi connectivity index (χ3v) is 6.75. The van der Waals surface area contributed by atoms with E-state index in [1.54, 1.807) is 12.1 Å². The third-order valence-electron chi connectivity index (χ3n) is 6.75. The fraction of sp³-hybridized carbons (Fsp3) is 0.400. The highest BCUT2D eigenvalue weighted by Gasteiger charge is 2.72. The first kappa shape index (κ1) is 21.2. The molecule has 2 fully saturated rings. The lowest BCUT2D eigenvalue weighted by atomic mass is 9.77. The minimum Gasteiger partial charge on any atom is -0.464 e. The molecule has 2 aliphatic heterocycles. The van der Waals surface area contributed by atoms with Crippen LogP contribution >= 0.6 is 0 Å². The zero-order valence-corrected chi connectivity index (χ0v) is 18.4. The molecule has 2 aromatic carbocycles. The van der Waals surface area contributed by atoms with E-state index in [2.05, 4.69) is 0 Å². The number of hydrogen-bond donors (Lipinski definition) is 1. The van der Waals surface area contributed by atoms with Crippen LogP contribution in [0.25, 0.3) is 0 Å². The number of rotatable bonds is 5. The van der Waals surface area contributed by atoms with Crippen LogP contribution in [0.3, 0.4) is 0 Å². The van der Waals surface area contributed by atoms with E-state index >= 15 is 0 Å². The number of nitrogens with zero attached hydrogens (tertiary/aromatic N) is 1. The number of hydrogen-bond acceptors (Lipinski definition) is 4. The molecule has 2 saturated heterocycles. The molecule has 2 heterocycles. The molecule has 0 aromatic heterocycles. The first-order valence-electron chi connectivity index (χ1n) is 10.8. The van der Waals surface area contributed by atoms with Gasteiger partial charge in [0.05, 0.1) is 12.8 Å². The molecule has 2 aliphatic rings. The van der Waals surface area contributed by atoms with Crippen LogP contribution in [-0.2, 0) is 19.1 Å².